The third-order valence-corrected chi connectivity index (χ3v) is 5.83. The zero-order chi connectivity index (χ0) is 22.4. The van der Waals surface area contributed by atoms with E-state index in [2.05, 4.69) is 19.6 Å². The first-order valence-corrected chi connectivity index (χ1v) is 10.1. The molecule has 3 heterocycles. The Labute approximate surface area is 182 Å². The second-order valence-corrected chi connectivity index (χ2v) is 7.58. The molecule has 0 saturated heterocycles. The number of rotatable bonds is 5. The van der Waals surface area contributed by atoms with E-state index < -0.39 is 11.5 Å². The number of hydrogen-bond acceptors (Lipinski definition) is 8. The Morgan fingerprint density at radius 1 is 1.16 bits per heavy atom. The Morgan fingerprint density at radius 2 is 1.97 bits per heavy atom. The lowest BCUT2D eigenvalue weighted by atomic mass is 9.92. The summed E-state index contributed by atoms with van der Waals surface area (Å²) >= 11 is 0. The van der Waals surface area contributed by atoms with Crippen LogP contribution in [-0.2, 0) is 11.8 Å². The minimum absolute atomic E-state index is 0.164. The van der Waals surface area contributed by atoms with Gasteiger partial charge in [-0.25, -0.2) is 24.4 Å². The van der Waals surface area contributed by atoms with E-state index in [9.17, 15) is 9.59 Å². The monoisotopic (exact) mass is 435 g/mol. The molecule has 164 valence electrons. The van der Waals surface area contributed by atoms with Crippen LogP contribution < -0.4 is 10.3 Å². The largest absolute Gasteiger partial charge is 0.489 e. The van der Waals surface area contributed by atoms with Gasteiger partial charge in [-0.15, -0.1) is 0 Å². The van der Waals surface area contributed by atoms with Crippen LogP contribution in [0.15, 0.2) is 35.6 Å². The van der Waals surface area contributed by atoms with Gasteiger partial charge >= 0.3 is 5.97 Å². The second-order valence-electron chi connectivity index (χ2n) is 7.58. The lowest BCUT2D eigenvalue weighted by Crippen LogP contribution is -2.27. The average molecular weight is 435 g/mol. The Morgan fingerprint density at radius 3 is 2.59 bits per heavy atom. The Balaban J connectivity index is 1.78. The summed E-state index contributed by atoms with van der Waals surface area (Å²) in [5, 5.41) is 4.20. The van der Waals surface area contributed by atoms with Crippen molar-refractivity contribution < 1.29 is 14.3 Å². The van der Waals surface area contributed by atoms with E-state index in [0.717, 1.165) is 36.0 Å². The third-order valence-electron chi connectivity index (χ3n) is 5.83. The number of esters is 1. The summed E-state index contributed by atoms with van der Waals surface area (Å²) in [5.74, 6) is -0.141. The molecule has 4 aromatic rings. The first-order chi connectivity index (χ1) is 15.5. The zero-order valence-corrected chi connectivity index (χ0v) is 17.8. The van der Waals surface area contributed by atoms with Gasteiger partial charge in [0, 0.05) is 13.1 Å². The lowest BCUT2D eigenvalue weighted by Gasteiger charge is -2.29. The van der Waals surface area contributed by atoms with Crippen molar-refractivity contribution in [2.24, 2.45) is 7.05 Å². The van der Waals surface area contributed by atoms with E-state index in [-0.39, 0.29) is 23.3 Å². The molecule has 1 aromatic carbocycles. The van der Waals surface area contributed by atoms with Gasteiger partial charge in [0.25, 0.3) is 5.56 Å². The number of carbonyl (C=O) groups excluding carboxylic acids is 1. The van der Waals surface area contributed by atoms with Crippen molar-refractivity contribution in [3.05, 3.63) is 46.9 Å². The third kappa shape index (κ3) is 2.96. The summed E-state index contributed by atoms with van der Waals surface area (Å²) in [4.78, 5) is 38.6. The SMILES string of the molecule is COC(=O)c1nc(-c2nc3ccc(-n4cncn4)cc3n2C2CCC2)n(C)c(=O)c1OC. The fourth-order valence-electron chi connectivity index (χ4n) is 3.94. The number of benzene rings is 1. The summed E-state index contributed by atoms with van der Waals surface area (Å²) in [6.45, 7) is 0. The number of nitrogens with zero attached hydrogens (tertiary/aromatic N) is 7. The van der Waals surface area contributed by atoms with Crippen LogP contribution in [0.25, 0.3) is 28.4 Å². The van der Waals surface area contributed by atoms with Crippen molar-refractivity contribution in [3.8, 4) is 23.1 Å². The number of methoxy groups -OCH3 is 2. The average Bonchev–Trinajstić information content (AvgIpc) is 3.42. The van der Waals surface area contributed by atoms with Crippen LogP contribution in [0.4, 0.5) is 0 Å². The molecule has 11 heteroatoms. The van der Waals surface area contributed by atoms with Gasteiger partial charge < -0.3 is 14.0 Å². The zero-order valence-electron chi connectivity index (χ0n) is 17.8. The van der Waals surface area contributed by atoms with Gasteiger partial charge in [-0.05, 0) is 37.5 Å². The molecule has 32 heavy (non-hydrogen) atoms. The van der Waals surface area contributed by atoms with Gasteiger partial charge in [0.2, 0.25) is 5.75 Å². The Kier molecular flexibility index (Phi) is 4.72. The molecule has 0 atom stereocenters. The van der Waals surface area contributed by atoms with Crippen LogP contribution in [0, 0.1) is 0 Å². The molecule has 0 bridgehead atoms. The molecule has 1 fully saturated rings. The normalized spacial score (nSPS) is 13.8. The maximum atomic E-state index is 13.0. The minimum atomic E-state index is -0.749. The van der Waals surface area contributed by atoms with E-state index in [0.29, 0.717) is 5.82 Å². The Hall–Kier alpha value is -4.02. The maximum Gasteiger partial charge on any atom is 0.360 e. The summed E-state index contributed by atoms with van der Waals surface area (Å²) < 4.78 is 15.1. The molecule has 1 saturated carbocycles. The second kappa shape index (κ2) is 7.59. The number of imidazole rings is 1. The smallest absolute Gasteiger partial charge is 0.360 e. The molecule has 0 N–H and O–H groups in total. The molecular weight excluding hydrogens is 414 g/mol. The van der Waals surface area contributed by atoms with Crippen molar-refractivity contribution in [2.75, 3.05) is 14.2 Å². The lowest BCUT2D eigenvalue weighted by molar-refractivity contribution is 0.0589. The highest BCUT2D eigenvalue weighted by atomic mass is 16.5. The predicted octanol–water partition coefficient (Wildman–Crippen LogP) is 1.90. The highest BCUT2D eigenvalue weighted by molar-refractivity contribution is 5.91. The van der Waals surface area contributed by atoms with Crippen LogP contribution >= 0.6 is 0 Å². The van der Waals surface area contributed by atoms with Crippen molar-refractivity contribution in [3.63, 3.8) is 0 Å². The van der Waals surface area contributed by atoms with E-state index in [1.54, 1.807) is 18.1 Å². The van der Waals surface area contributed by atoms with E-state index in [4.69, 9.17) is 14.5 Å². The topological polar surface area (TPSA) is 119 Å². The number of carbonyl (C=O) groups is 1. The highest BCUT2D eigenvalue weighted by Crippen LogP contribution is 2.38. The molecular formula is C21H21N7O4. The van der Waals surface area contributed by atoms with Gasteiger partial charge in [0.1, 0.15) is 12.7 Å². The van der Waals surface area contributed by atoms with Crippen molar-refractivity contribution in [1.82, 2.24) is 33.9 Å². The van der Waals surface area contributed by atoms with Crippen LogP contribution in [0.3, 0.4) is 0 Å². The molecule has 1 aliphatic carbocycles. The predicted molar refractivity (Wildman–Crippen MR) is 114 cm³/mol. The van der Waals surface area contributed by atoms with Gasteiger partial charge in [0.15, 0.2) is 17.3 Å². The molecule has 0 spiro atoms. The van der Waals surface area contributed by atoms with Crippen molar-refractivity contribution in [1.29, 1.82) is 0 Å². The summed E-state index contributed by atoms with van der Waals surface area (Å²) in [6, 6.07) is 6.00. The number of ether oxygens (including phenoxy) is 2. The molecule has 5 rings (SSSR count). The first kappa shape index (κ1) is 19.9. The molecule has 0 aliphatic heterocycles. The fraction of sp³-hybridized carbons (Fsp3) is 0.333. The maximum absolute atomic E-state index is 13.0. The van der Waals surface area contributed by atoms with Gasteiger partial charge in [-0.1, -0.05) is 0 Å². The van der Waals surface area contributed by atoms with Crippen LogP contribution in [0.5, 0.6) is 5.75 Å². The molecule has 0 unspecified atom stereocenters. The quantitative estimate of drug-likeness (QED) is 0.436. The van der Waals surface area contributed by atoms with E-state index in [1.165, 1.54) is 25.1 Å². The van der Waals surface area contributed by atoms with Crippen LogP contribution in [-0.4, -0.2) is 54.1 Å². The van der Waals surface area contributed by atoms with Crippen molar-refractivity contribution >= 4 is 17.0 Å². The van der Waals surface area contributed by atoms with Gasteiger partial charge in [-0.3, -0.25) is 9.36 Å². The minimum Gasteiger partial charge on any atom is -0.489 e. The summed E-state index contributed by atoms with van der Waals surface area (Å²) in [6.07, 6.45) is 6.18. The van der Waals surface area contributed by atoms with Crippen LogP contribution in [0.1, 0.15) is 35.8 Å². The summed E-state index contributed by atoms with van der Waals surface area (Å²) in [7, 11) is 4.13. The van der Waals surface area contributed by atoms with Crippen LogP contribution in [0.2, 0.25) is 0 Å². The molecule has 0 amide bonds. The van der Waals surface area contributed by atoms with Gasteiger partial charge in [0.05, 0.1) is 30.9 Å². The molecule has 1 aliphatic rings. The van der Waals surface area contributed by atoms with Crippen molar-refractivity contribution in [2.45, 2.75) is 25.3 Å². The number of aromatic nitrogens is 7. The number of fused-ring (bicyclic) bond motifs is 1. The van der Waals surface area contributed by atoms with Gasteiger partial charge in [-0.2, -0.15) is 5.10 Å². The summed E-state index contributed by atoms with van der Waals surface area (Å²) in [5.41, 5.74) is 1.81. The highest BCUT2D eigenvalue weighted by Gasteiger charge is 2.30. The van der Waals surface area contributed by atoms with E-state index >= 15 is 0 Å². The standard InChI is InChI=1S/C21H21N7O4/c1-26-18(25-16(21(30)32-3)17(31-2)20(26)29)19-24-14-8-7-13(27-11-22-10-23-27)9-15(14)28(19)12-5-4-6-12/h7-12H,4-6H2,1-3H3. The number of hydrogen-bond donors (Lipinski definition) is 0. The fourth-order valence-corrected chi connectivity index (χ4v) is 3.94. The molecule has 3 aromatic heterocycles. The van der Waals surface area contributed by atoms with E-state index in [1.807, 2.05) is 18.2 Å². The first-order valence-electron chi connectivity index (χ1n) is 10.1. The molecule has 11 nitrogen and oxygen atoms in total. The molecule has 0 radical (unpaired) electrons. The Bertz CT molecular complexity index is 1380.